The van der Waals surface area contributed by atoms with Gasteiger partial charge in [0.2, 0.25) is 11.8 Å². The molecule has 0 saturated carbocycles. The lowest BCUT2D eigenvalue weighted by Crippen LogP contribution is -2.38. The fourth-order valence-corrected chi connectivity index (χ4v) is 3.21. The number of hydrogen-bond donors (Lipinski definition) is 3. The highest BCUT2D eigenvalue weighted by atomic mass is 32.1. The molecule has 2 aromatic rings. The third kappa shape index (κ3) is 12.1. The maximum Gasteiger partial charge on any atom is 0.233 e. The van der Waals surface area contributed by atoms with Gasteiger partial charge in [-0.2, -0.15) is 12.6 Å². The summed E-state index contributed by atoms with van der Waals surface area (Å²) in [6, 6.07) is 14.6. The molecule has 2 N–H and O–H groups in total. The van der Waals surface area contributed by atoms with Crippen LogP contribution in [0.5, 0.6) is 0 Å². The molecule has 1 aliphatic rings. The maximum atomic E-state index is 13.3. The number of alkyl halides is 2. The number of halogens is 3. The molecule has 2 atom stereocenters. The van der Waals surface area contributed by atoms with Crippen LogP contribution in [0.25, 0.3) is 5.57 Å². The van der Waals surface area contributed by atoms with Crippen LogP contribution in [0.2, 0.25) is 0 Å². The molecule has 1 fully saturated rings. The summed E-state index contributed by atoms with van der Waals surface area (Å²) in [5.74, 6) is -1.12. The molecule has 1 saturated heterocycles. The number of aryl methyl sites for hydroxylation is 2. The molecular formula is C27H36F3N3O2S. The Labute approximate surface area is 217 Å². The summed E-state index contributed by atoms with van der Waals surface area (Å²) in [5, 5.41) is 4.60. The van der Waals surface area contributed by atoms with Crippen molar-refractivity contribution in [2.75, 3.05) is 27.4 Å². The summed E-state index contributed by atoms with van der Waals surface area (Å²) in [5.41, 5.74) is 4.12. The predicted octanol–water partition coefficient (Wildman–Crippen LogP) is 5.28. The van der Waals surface area contributed by atoms with E-state index in [1.807, 2.05) is 0 Å². The molecule has 0 radical (unpaired) electrons. The van der Waals surface area contributed by atoms with Crippen LogP contribution in [-0.4, -0.2) is 50.3 Å². The van der Waals surface area contributed by atoms with Crippen LogP contribution in [0.3, 0.4) is 0 Å². The van der Waals surface area contributed by atoms with Crippen molar-refractivity contribution in [3.8, 4) is 0 Å². The van der Waals surface area contributed by atoms with Crippen LogP contribution in [0.1, 0.15) is 30.5 Å². The summed E-state index contributed by atoms with van der Waals surface area (Å²) in [7, 11) is 2.04. The van der Waals surface area contributed by atoms with Gasteiger partial charge in [0, 0.05) is 13.6 Å². The highest BCUT2D eigenvalue weighted by molar-refractivity contribution is 7.81. The third-order valence-corrected chi connectivity index (χ3v) is 5.42. The number of benzene rings is 2. The molecule has 1 aliphatic heterocycles. The molecule has 0 aromatic heterocycles. The van der Waals surface area contributed by atoms with E-state index in [0.29, 0.717) is 18.6 Å². The van der Waals surface area contributed by atoms with Gasteiger partial charge >= 0.3 is 0 Å². The fourth-order valence-electron chi connectivity index (χ4n) is 2.88. The predicted molar refractivity (Wildman–Crippen MR) is 145 cm³/mol. The summed E-state index contributed by atoms with van der Waals surface area (Å²) in [6.07, 6.45) is 1.66. The van der Waals surface area contributed by atoms with Crippen LogP contribution < -0.4 is 10.6 Å². The normalized spacial score (nSPS) is 16.8. The first-order valence-electron chi connectivity index (χ1n) is 11.3. The number of rotatable bonds is 3. The Balaban J connectivity index is 0.000000778. The summed E-state index contributed by atoms with van der Waals surface area (Å²) >= 11 is 4.14. The monoisotopic (exact) mass is 523 g/mol. The van der Waals surface area contributed by atoms with Crippen molar-refractivity contribution in [1.29, 1.82) is 0 Å². The second-order valence-corrected chi connectivity index (χ2v) is 8.21. The zero-order chi connectivity index (χ0) is 27.7. The van der Waals surface area contributed by atoms with Gasteiger partial charge in [0.25, 0.3) is 0 Å². The fraction of sp³-hybridized carbons (Fsp3) is 0.370. The topological polar surface area (TPSA) is 70.6 Å². The van der Waals surface area contributed by atoms with Crippen molar-refractivity contribution in [2.45, 2.75) is 32.9 Å². The van der Waals surface area contributed by atoms with Crippen molar-refractivity contribution in [2.24, 2.45) is 10.9 Å². The van der Waals surface area contributed by atoms with E-state index in [1.54, 1.807) is 32.2 Å². The number of nitrogens with zero attached hydrogens (tertiary/aromatic N) is 1. The van der Waals surface area contributed by atoms with Crippen molar-refractivity contribution in [3.05, 3.63) is 77.1 Å². The Morgan fingerprint density at radius 2 is 1.69 bits per heavy atom. The molecular weight excluding hydrogens is 487 g/mol. The molecule has 2 aromatic carbocycles. The van der Waals surface area contributed by atoms with E-state index in [9.17, 15) is 22.8 Å². The number of nitrogens with one attached hydrogen (secondary N) is 2. The lowest BCUT2D eigenvalue weighted by molar-refractivity contribution is -0.124. The molecule has 2 amide bonds. The highest BCUT2D eigenvalue weighted by Crippen LogP contribution is 2.17. The van der Waals surface area contributed by atoms with Gasteiger partial charge in [0.15, 0.2) is 0 Å². The van der Waals surface area contributed by atoms with Gasteiger partial charge in [0.1, 0.15) is 11.7 Å². The molecule has 0 aliphatic carbocycles. The summed E-state index contributed by atoms with van der Waals surface area (Å²) in [4.78, 5) is 27.6. The van der Waals surface area contributed by atoms with Gasteiger partial charge in [0.05, 0.1) is 25.0 Å². The number of aliphatic imine (C=N–C) groups is 1. The zero-order valence-corrected chi connectivity index (χ0v) is 22.5. The van der Waals surface area contributed by atoms with Crippen LogP contribution in [0.4, 0.5) is 13.2 Å². The van der Waals surface area contributed by atoms with Crippen LogP contribution in [0.15, 0.2) is 59.6 Å². The lowest BCUT2D eigenvalue weighted by atomic mass is 10.1. The van der Waals surface area contributed by atoms with Gasteiger partial charge in [-0.1, -0.05) is 47.5 Å². The minimum absolute atomic E-state index is 0.250. The first-order chi connectivity index (χ1) is 17.1. The average molecular weight is 524 g/mol. The quantitative estimate of drug-likeness (QED) is 0.291. The van der Waals surface area contributed by atoms with E-state index in [0.717, 1.165) is 5.57 Å². The maximum absolute atomic E-state index is 13.3. The average Bonchev–Trinajstić information content (AvgIpc) is 3.20. The minimum atomic E-state index is -0.665. The van der Waals surface area contributed by atoms with E-state index < -0.39 is 11.2 Å². The van der Waals surface area contributed by atoms with E-state index in [4.69, 9.17) is 0 Å². The zero-order valence-electron chi connectivity index (χ0n) is 21.6. The van der Waals surface area contributed by atoms with Crippen molar-refractivity contribution >= 4 is 35.9 Å². The van der Waals surface area contributed by atoms with Crippen LogP contribution >= 0.6 is 12.6 Å². The summed E-state index contributed by atoms with van der Waals surface area (Å²) < 4.78 is 33.1. The highest BCUT2D eigenvalue weighted by Gasteiger charge is 2.37. The van der Waals surface area contributed by atoms with E-state index >= 15 is 0 Å². The number of carbonyl (C=O) groups is 2. The van der Waals surface area contributed by atoms with Gasteiger partial charge in [-0.05, 0) is 57.0 Å². The van der Waals surface area contributed by atoms with Crippen LogP contribution in [-0.2, 0) is 9.59 Å². The number of allylic oxidation sites excluding steroid dienone is 1. The molecule has 3 rings (SSSR count). The largest absolute Gasteiger partial charge is 0.354 e. The van der Waals surface area contributed by atoms with Gasteiger partial charge in [-0.3, -0.25) is 23.4 Å². The smallest absolute Gasteiger partial charge is 0.233 e. The molecule has 9 heteroatoms. The Morgan fingerprint density at radius 1 is 1.17 bits per heavy atom. The van der Waals surface area contributed by atoms with E-state index in [-0.39, 0.29) is 30.9 Å². The number of carbonyl (C=O) groups excluding carboxylic acids is 2. The van der Waals surface area contributed by atoms with E-state index in [1.165, 1.54) is 30.2 Å². The number of amidine groups is 1. The Hall–Kier alpha value is -3.07. The van der Waals surface area contributed by atoms with Crippen LogP contribution in [0, 0.1) is 25.6 Å². The molecule has 0 spiro atoms. The first-order valence-corrected chi connectivity index (χ1v) is 11.8. The van der Waals surface area contributed by atoms with Gasteiger partial charge < -0.3 is 10.6 Å². The second kappa shape index (κ2) is 18.2. The number of thiol groups is 1. The van der Waals surface area contributed by atoms with Gasteiger partial charge in [-0.15, -0.1) is 0 Å². The first kappa shape index (κ1) is 32.9. The lowest BCUT2D eigenvalue weighted by Gasteiger charge is -2.13. The number of hydrogen-bond acceptors (Lipinski definition) is 4. The van der Waals surface area contributed by atoms with E-state index in [2.05, 4.69) is 66.4 Å². The summed E-state index contributed by atoms with van der Waals surface area (Å²) in [6.45, 7) is 7.45. The van der Waals surface area contributed by atoms with Gasteiger partial charge in [-0.25, -0.2) is 4.39 Å². The van der Waals surface area contributed by atoms with Crippen molar-refractivity contribution in [3.63, 3.8) is 0 Å². The molecule has 198 valence electrons. The Bertz CT molecular complexity index is 991. The second-order valence-electron chi connectivity index (χ2n) is 7.65. The molecule has 5 nitrogen and oxygen atoms in total. The molecule has 36 heavy (non-hydrogen) atoms. The Kier molecular flexibility index (Phi) is 16.7. The molecule has 1 unspecified atom stereocenters. The number of amides is 2. The van der Waals surface area contributed by atoms with Crippen molar-refractivity contribution in [1.82, 2.24) is 10.6 Å². The molecule has 1 heterocycles. The third-order valence-electron chi connectivity index (χ3n) is 4.83. The van der Waals surface area contributed by atoms with Crippen molar-refractivity contribution < 1.29 is 22.8 Å². The standard InChI is InChI=1S/C16H18FN3O2S.C8H10.C2H5F.CH3F/c1-9(10-4-3-5-11(17)7-10)6-13(18-2)20-15(21)12-8-19-16(22)14(12)23;1-7-3-5-8(2)6-4-7;1-2-3;1-2/h3-7,12,14,23H,8H2,1-2H3,(H,19,22)(H,18,20,21);3-6H,1-2H3;2H2,1H3;1H3/b9-6+;;;/t12-,14?;;;/m0.../s1. The Morgan fingerprint density at radius 3 is 2.11 bits per heavy atom. The molecule has 0 bridgehead atoms. The SMILES string of the molecule is CCF.CF.CN=C(/C=C(\C)c1cccc(F)c1)NC(=O)[C@H]1CNC(=O)C1S.Cc1ccc(C)cc1. The minimum Gasteiger partial charge on any atom is -0.354 e.